The summed E-state index contributed by atoms with van der Waals surface area (Å²) in [7, 11) is 3.45. The minimum Gasteiger partial charge on any atom is -0.497 e. The monoisotopic (exact) mass is 392 g/mol. The molecule has 2 heterocycles. The SMILES string of the molecule is COc1ccc(C2C(c3nc(C4(N)CCCC4)no3)CC(=O)N2C)cc1.Cl. The Balaban J connectivity index is 0.00000210. The third-order valence-corrected chi connectivity index (χ3v) is 5.74. The van der Waals surface area contributed by atoms with Crippen LogP contribution in [0.4, 0.5) is 0 Å². The molecule has 1 saturated heterocycles. The lowest BCUT2D eigenvalue weighted by Gasteiger charge is -2.24. The minimum absolute atomic E-state index is 0. The maximum absolute atomic E-state index is 12.4. The fourth-order valence-electron chi connectivity index (χ4n) is 4.17. The highest BCUT2D eigenvalue weighted by Gasteiger charge is 2.44. The number of methoxy groups -OCH3 is 1. The third kappa shape index (κ3) is 3.41. The van der Waals surface area contributed by atoms with Crippen LogP contribution in [0.25, 0.3) is 0 Å². The molecular weight excluding hydrogens is 368 g/mol. The molecule has 0 spiro atoms. The van der Waals surface area contributed by atoms with Crippen molar-refractivity contribution in [1.82, 2.24) is 15.0 Å². The first-order valence-corrected chi connectivity index (χ1v) is 9.04. The topological polar surface area (TPSA) is 94.5 Å². The first-order chi connectivity index (χ1) is 12.5. The summed E-state index contributed by atoms with van der Waals surface area (Å²) < 4.78 is 10.8. The molecule has 1 saturated carbocycles. The molecule has 146 valence electrons. The van der Waals surface area contributed by atoms with Gasteiger partial charge in [0.1, 0.15) is 5.75 Å². The van der Waals surface area contributed by atoms with Crippen molar-refractivity contribution in [2.75, 3.05) is 14.2 Å². The molecule has 1 aliphatic carbocycles. The van der Waals surface area contributed by atoms with E-state index in [-0.39, 0.29) is 30.3 Å². The van der Waals surface area contributed by atoms with Crippen LogP contribution >= 0.6 is 12.4 Å². The molecule has 27 heavy (non-hydrogen) atoms. The third-order valence-electron chi connectivity index (χ3n) is 5.74. The van der Waals surface area contributed by atoms with Crippen molar-refractivity contribution in [2.45, 2.75) is 49.6 Å². The normalized spacial score (nSPS) is 24.1. The van der Waals surface area contributed by atoms with Crippen molar-refractivity contribution in [1.29, 1.82) is 0 Å². The number of halogens is 1. The van der Waals surface area contributed by atoms with Crippen molar-refractivity contribution in [2.24, 2.45) is 5.73 Å². The first-order valence-electron chi connectivity index (χ1n) is 9.04. The van der Waals surface area contributed by atoms with Gasteiger partial charge in [-0.2, -0.15) is 4.98 Å². The number of ether oxygens (including phenoxy) is 1. The molecule has 1 aliphatic heterocycles. The Labute approximate surface area is 164 Å². The lowest BCUT2D eigenvalue weighted by atomic mass is 9.93. The van der Waals surface area contributed by atoms with Crippen LogP contribution in [0.1, 0.15) is 61.3 Å². The van der Waals surface area contributed by atoms with E-state index in [1.54, 1.807) is 12.0 Å². The molecule has 1 amide bonds. The molecule has 2 aliphatic rings. The number of amides is 1. The summed E-state index contributed by atoms with van der Waals surface area (Å²) in [5.41, 5.74) is 6.97. The van der Waals surface area contributed by atoms with E-state index in [4.69, 9.17) is 15.0 Å². The Kier molecular flexibility index (Phi) is 5.44. The van der Waals surface area contributed by atoms with E-state index in [9.17, 15) is 4.79 Å². The van der Waals surface area contributed by atoms with E-state index < -0.39 is 5.54 Å². The van der Waals surface area contributed by atoms with Crippen molar-refractivity contribution in [3.05, 3.63) is 41.5 Å². The predicted molar refractivity (Wildman–Crippen MR) is 102 cm³/mol. The zero-order valence-electron chi connectivity index (χ0n) is 15.6. The van der Waals surface area contributed by atoms with Gasteiger partial charge in [0.25, 0.3) is 0 Å². The van der Waals surface area contributed by atoms with E-state index in [1.807, 2.05) is 31.3 Å². The smallest absolute Gasteiger partial charge is 0.232 e. The van der Waals surface area contributed by atoms with E-state index in [0.717, 1.165) is 37.0 Å². The van der Waals surface area contributed by atoms with Crippen LogP contribution in [0, 0.1) is 0 Å². The molecule has 2 N–H and O–H groups in total. The number of hydrogen-bond acceptors (Lipinski definition) is 6. The Morgan fingerprint density at radius 2 is 1.93 bits per heavy atom. The molecule has 8 heteroatoms. The number of likely N-dealkylation sites (N-methyl/N-ethyl adjacent to an activating group) is 1. The average molecular weight is 393 g/mol. The van der Waals surface area contributed by atoms with Crippen LogP contribution in [0.15, 0.2) is 28.8 Å². The molecule has 7 nitrogen and oxygen atoms in total. The van der Waals surface area contributed by atoms with Gasteiger partial charge >= 0.3 is 0 Å². The van der Waals surface area contributed by atoms with Crippen molar-refractivity contribution >= 4 is 18.3 Å². The number of hydrogen-bond donors (Lipinski definition) is 1. The van der Waals surface area contributed by atoms with E-state index in [1.165, 1.54) is 0 Å². The summed E-state index contributed by atoms with van der Waals surface area (Å²) in [6.07, 6.45) is 4.26. The van der Waals surface area contributed by atoms with Gasteiger partial charge in [-0.25, -0.2) is 0 Å². The molecular formula is C19H25ClN4O3. The zero-order valence-corrected chi connectivity index (χ0v) is 16.4. The number of rotatable bonds is 4. The number of aromatic nitrogens is 2. The number of carbonyl (C=O) groups excluding carboxylic acids is 1. The van der Waals surface area contributed by atoms with Gasteiger partial charge in [0.2, 0.25) is 11.8 Å². The second-order valence-corrected chi connectivity index (χ2v) is 7.35. The van der Waals surface area contributed by atoms with Crippen LogP contribution in [-0.2, 0) is 10.3 Å². The second kappa shape index (κ2) is 7.48. The molecule has 1 aromatic carbocycles. The van der Waals surface area contributed by atoms with Crippen molar-refractivity contribution in [3.8, 4) is 5.75 Å². The number of carbonyl (C=O) groups is 1. The van der Waals surface area contributed by atoms with Crippen LogP contribution < -0.4 is 10.5 Å². The lowest BCUT2D eigenvalue weighted by Crippen LogP contribution is -2.34. The highest BCUT2D eigenvalue weighted by molar-refractivity contribution is 5.85. The fourth-order valence-corrected chi connectivity index (χ4v) is 4.17. The van der Waals surface area contributed by atoms with Crippen LogP contribution in [0.5, 0.6) is 5.75 Å². The minimum atomic E-state index is -0.494. The summed E-state index contributed by atoms with van der Waals surface area (Å²) in [5, 5.41) is 4.16. The number of nitrogens with two attached hydrogens (primary N) is 1. The molecule has 1 aromatic heterocycles. The van der Waals surface area contributed by atoms with E-state index in [0.29, 0.717) is 18.1 Å². The number of benzene rings is 1. The van der Waals surface area contributed by atoms with Gasteiger partial charge in [-0.3, -0.25) is 4.79 Å². The van der Waals surface area contributed by atoms with Crippen LogP contribution in [-0.4, -0.2) is 35.1 Å². The van der Waals surface area contributed by atoms with Gasteiger partial charge in [-0.1, -0.05) is 30.1 Å². The molecule has 2 aromatic rings. The number of nitrogens with zero attached hydrogens (tertiary/aromatic N) is 3. The summed E-state index contributed by atoms with van der Waals surface area (Å²) in [4.78, 5) is 18.7. The molecule has 2 unspecified atom stereocenters. The Hall–Kier alpha value is -2.12. The molecule has 4 rings (SSSR count). The molecule has 0 bridgehead atoms. The van der Waals surface area contributed by atoms with Crippen LogP contribution in [0.2, 0.25) is 0 Å². The highest BCUT2D eigenvalue weighted by Crippen LogP contribution is 2.44. The Bertz CT molecular complexity index is 802. The lowest BCUT2D eigenvalue weighted by molar-refractivity contribution is -0.127. The first kappa shape index (κ1) is 19.6. The van der Waals surface area contributed by atoms with E-state index in [2.05, 4.69) is 10.1 Å². The van der Waals surface area contributed by atoms with Gasteiger partial charge in [0, 0.05) is 13.5 Å². The zero-order chi connectivity index (χ0) is 18.3. The second-order valence-electron chi connectivity index (χ2n) is 7.35. The van der Waals surface area contributed by atoms with Gasteiger partial charge in [-0.15, -0.1) is 12.4 Å². The Morgan fingerprint density at radius 3 is 2.56 bits per heavy atom. The number of likely N-dealkylation sites (tertiary alicyclic amines) is 1. The summed E-state index contributed by atoms with van der Waals surface area (Å²) >= 11 is 0. The molecule has 0 radical (unpaired) electrons. The van der Waals surface area contributed by atoms with Gasteiger partial charge in [0.05, 0.1) is 24.6 Å². The summed E-state index contributed by atoms with van der Waals surface area (Å²) in [6, 6.07) is 7.61. The summed E-state index contributed by atoms with van der Waals surface area (Å²) in [5.74, 6) is 1.74. The molecule has 2 fully saturated rings. The predicted octanol–water partition coefficient (Wildman–Crippen LogP) is 2.92. The van der Waals surface area contributed by atoms with E-state index >= 15 is 0 Å². The largest absolute Gasteiger partial charge is 0.497 e. The summed E-state index contributed by atoms with van der Waals surface area (Å²) in [6.45, 7) is 0. The van der Waals surface area contributed by atoms with Gasteiger partial charge < -0.3 is 19.9 Å². The maximum Gasteiger partial charge on any atom is 0.232 e. The molecule has 2 atom stereocenters. The Morgan fingerprint density at radius 1 is 1.26 bits per heavy atom. The average Bonchev–Trinajstić information content (AvgIpc) is 3.36. The highest BCUT2D eigenvalue weighted by atomic mass is 35.5. The quantitative estimate of drug-likeness (QED) is 0.859. The van der Waals surface area contributed by atoms with Gasteiger partial charge in [-0.05, 0) is 30.5 Å². The van der Waals surface area contributed by atoms with Gasteiger partial charge in [0.15, 0.2) is 5.82 Å². The fraction of sp³-hybridized carbons (Fsp3) is 0.526. The van der Waals surface area contributed by atoms with Crippen molar-refractivity contribution in [3.63, 3.8) is 0 Å². The van der Waals surface area contributed by atoms with Crippen molar-refractivity contribution < 1.29 is 14.1 Å². The standard InChI is InChI=1S/C19H24N4O3.ClH/c1-23-15(24)11-14(16(23)12-5-7-13(25-2)8-6-12)17-21-18(22-26-17)19(20)9-3-4-10-19;/h5-8,14,16H,3-4,9-11,20H2,1-2H3;1H. The maximum atomic E-state index is 12.4. The van der Waals surface area contributed by atoms with Crippen LogP contribution in [0.3, 0.4) is 0 Å².